The molecule has 0 aromatic carbocycles. The average Bonchev–Trinajstić information content (AvgIpc) is 2.14. The fourth-order valence-corrected chi connectivity index (χ4v) is 1.28. The van der Waals surface area contributed by atoms with E-state index in [1.807, 2.05) is 0 Å². The van der Waals surface area contributed by atoms with Crippen molar-refractivity contribution in [1.82, 2.24) is 4.90 Å². The van der Waals surface area contributed by atoms with E-state index in [1.165, 1.54) is 6.54 Å². The molecule has 0 aromatic heterocycles. The van der Waals surface area contributed by atoms with Gasteiger partial charge in [-0.1, -0.05) is 22.0 Å². The van der Waals surface area contributed by atoms with Crippen molar-refractivity contribution in [1.29, 1.82) is 0 Å². The molecule has 0 aliphatic carbocycles. The van der Waals surface area contributed by atoms with E-state index in [9.17, 15) is 0 Å². The zero-order valence-electron chi connectivity index (χ0n) is 4.97. The number of nitrogens with zero attached hydrogens (tertiary/aromatic N) is 1. The molecule has 1 aliphatic rings. The Labute approximate surface area is 58.5 Å². The van der Waals surface area contributed by atoms with Crippen molar-refractivity contribution in [2.45, 2.75) is 0 Å². The zero-order valence-corrected chi connectivity index (χ0v) is 6.56. The number of alkyl halides is 1. The molecule has 0 N–H and O–H groups in total. The molecule has 1 heterocycles. The van der Waals surface area contributed by atoms with Crippen molar-refractivity contribution in [2.75, 3.05) is 18.9 Å². The van der Waals surface area contributed by atoms with Crippen molar-refractivity contribution in [2.24, 2.45) is 5.92 Å². The normalized spacial score (nSPS) is 27.2. The minimum atomic E-state index is 0.736. The van der Waals surface area contributed by atoms with E-state index >= 15 is 0 Å². The highest BCUT2D eigenvalue weighted by atomic mass is 79.9. The summed E-state index contributed by atoms with van der Waals surface area (Å²) in [6.45, 7) is 1.17. The first-order valence-corrected chi connectivity index (χ1v) is 3.89. The van der Waals surface area contributed by atoms with Crippen LogP contribution in [0.5, 0.6) is 0 Å². The molecule has 8 heavy (non-hydrogen) atoms. The van der Waals surface area contributed by atoms with Crippen LogP contribution >= 0.6 is 15.9 Å². The lowest BCUT2D eigenvalue weighted by atomic mass is 10.2. The van der Waals surface area contributed by atoms with Gasteiger partial charge in [0.15, 0.2) is 0 Å². The maximum absolute atomic E-state index is 3.43. The summed E-state index contributed by atoms with van der Waals surface area (Å²) in [7, 11) is 2.10. The number of hydrogen-bond donors (Lipinski definition) is 0. The summed E-state index contributed by atoms with van der Waals surface area (Å²) < 4.78 is 0. The van der Waals surface area contributed by atoms with Gasteiger partial charge in [0.1, 0.15) is 0 Å². The lowest BCUT2D eigenvalue weighted by Gasteiger charge is -2.08. The van der Waals surface area contributed by atoms with E-state index < -0.39 is 0 Å². The summed E-state index contributed by atoms with van der Waals surface area (Å²) in [6.07, 6.45) is 4.36. The lowest BCUT2D eigenvalue weighted by Crippen LogP contribution is -2.12. The van der Waals surface area contributed by atoms with Crippen LogP contribution in [0.15, 0.2) is 12.3 Å². The maximum Gasteiger partial charge on any atom is 0.0240 e. The first-order chi connectivity index (χ1) is 3.83. The predicted molar refractivity (Wildman–Crippen MR) is 39.1 cm³/mol. The van der Waals surface area contributed by atoms with Crippen LogP contribution in [0.1, 0.15) is 0 Å². The van der Waals surface area contributed by atoms with Gasteiger partial charge in [0.2, 0.25) is 0 Å². The third-order valence-corrected chi connectivity index (χ3v) is 2.17. The summed E-state index contributed by atoms with van der Waals surface area (Å²) >= 11 is 3.43. The molecule has 0 radical (unpaired) electrons. The van der Waals surface area contributed by atoms with Gasteiger partial charge in [-0.25, -0.2) is 0 Å². The number of hydrogen-bond acceptors (Lipinski definition) is 1. The fraction of sp³-hybridized carbons (Fsp3) is 0.667. The number of halogens is 1. The van der Waals surface area contributed by atoms with Crippen LogP contribution in [0, 0.1) is 5.92 Å². The van der Waals surface area contributed by atoms with Crippen LogP contribution in [-0.4, -0.2) is 23.8 Å². The quantitative estimate of drug-likeness (QED) is 0.546. The second-order valence-corrected chi connectivity index (χ2v) is 2.84. The Kier molecular flexibility index (Phi) is 1.95. The highest BCUT2D eigenvalue weighted by molar-refractivity contribution is 9.09. The Balaban J connectivity index is 2.34. The Morgan fingerprint density at radius 1 is 1.88 bits per heavy atom. The summed E-state index contributed by atoms with van der Waals surface area (Å²) in [5.74, 6) is 0.736. The molecule has 0 saturated heterocycles. The minimum Gasteiger partial charge on any atom is -0.380 e. The Morgan fingerprint density at radius 2 is 2.62 bits per heavy atom. The van der Waals surface area contributed by atoms with Crippen LogP contribution in [-0.2, 0) is 0 Å². The van der Waals surface area contributed by atoms with Gasteiger partial charge < -0.3 is 4.90 Å². The predicted octanol–water partition coefficient (Wildman–Crippen LogP) is 1.46. The molecule has 1 nitrogen and oxygen atoms in total. The van der Waals surface area contributed by atoms with Crippen LogP contribution in [0.25, 0.3) is 0 Å². The van der Waals surface area contributed by atoms with E-state index in [-0.39, 0.29) is 0 Å². The molecule has 1 unspecified atom stereocenters. The van der Waals surface area contributed by atoms with Gasteiger partial charge in [0, 0.05) is 24.8 Å². The van der Waals surface area contributed by atoms with Crippen LogP contribution < -0.4 is 0 Å². The van der Waals surface area contributed by atoms with Gasteiger partial charge >= 0.3 is 0 Å². The van der Waals surface area contributed by atoms with Gasteiger partial charge in [-0.15, -0.1) is 0 Å². The highest BCUT2D eigenvalue weighted by Crippen LogP contribution is 2.11. The van der Waals surface area contributed by atoms with E-state index in [1.54, 1.807) is 0 Å². The third-order valence-electron chi connectivity index (χ3n) is 1.33. The summed E-state index contributed by atoms with van der Waals surface area (Å²) in [4.78, 5) is 2.20. The molecule has 1 atom stereocenters. The fourth-order valence-electron chi connectivity index (χ4n) is 0.860. The standard InChI is InChI=1S/C6H10BrN/c1-8-3-2-6(4-7)5-8/h2-3,6H,4-5H2,1H3. The molecule has 0 bridgehead atoms. The Hall–Kier alpha value is 0.0200. The van der Waals surface area contributed by atoms with Crippen LogP contribution in [0.2, 0.25) is 0 Å². The van der Waals surface area contributed by atoms with Crippen molar-refractivity contribution in [3.8, 4) is 0 Å². The molecule has 0 saturated carbocycles. The smallest absolute Gasteiger partial charge is 0.0240 e. The zero-order chi connectivity index (χ0) is 5.98. The van der Waals surface area contributed by atoms with Crippen molar-refractivity contribution in [3.05, 3.63) is 12.3 Å². The Morgan fingerprint density at radius 3 is 2.88 bits per heavy atom. The number of rotatable bonds is 1. The van der Waals surface area contributed by atoms with Gasteiger partial charge in [0.05, 0.1) is 0 Å². The van der Waals surface area contributed by atoms with E-state index in [0.29, 0.717) is 0 Å². The summed E-state index contributed by atoms with van der Waals surface area (Å²) in [5, 5.41) is 1.09. The first-order valence-electron chi connectivity index (χ1n) is 2.77. The second kappa shape index (κ2) is 2.53. The maximum atomic E-state index is 3.43. The van der Waals surface area contributed by atoms with Crippen molar-refractivity contribution < 1.29 is 0 Å². The second-order valence-electron chi connectivity index (χ2n) is 2.20. The van der Waals surface area contributed by atoms with Crippen LogP contribution in [0.3, 0.4) is 0 Å². The third kappa shape index (κ3) is 1.25. The molecule has 1 rings (SSSR count). The van der Waals surface area contributed by atoms with Gasteiger partial charge in [-0.05, 0) is 6.20 Å². The highest BCUT2D eigenvalue weighted by Gasteiger charge is 2.09. The molecule has 2 heteroatoms. The van der Waals surface area contributed by atoms with Crippen molar-refractivity contribution >= 4 is 15.9 Å². The molecule has 46 valence electrons. The van der Waals surface area contributed by atoms with Crippen LogP contribution in [0.4, 0.5) is 0 Å². The van der Waals surface area contributed by atoms with Gasteiger partial charge in [-0.3, -0.25) is 0 Å². The molecule has 0 fully saturated rings. The largest absolute Gasteiger partial charge is 0.380 e. The monoisotopic (exact) mass is 175 g/mol. The van der Waals surface area contributed by atoms with E-state index in [4.69, 9.17) is 0 Å². The molecule has 0 aromatic rings. The van der Waals surface area contributed by atoms with E-state index in [2.05, 4.69) is 40.2 Å². The lowest BCUT2D eigenvalue weighted by molar-refractivity contribution is 0.454. The van der Waals surface area contributed by atoms with Gasteiger partial charge in [-0.2, -0.15) is 0 Å². The molecule has 0 amide bonds. The first kappa shape index (κ1) is 6.14. The molecular weight excluding hydrogens is 166 g/mol. The summed E-state index contributed by atoms with van der Waals surface area (Å²) in [6, 6.07) is 0. The molecular formula is C6H10BrN. The molecule has 0 spiro atoms. The molecule has 1 aliphatic heterocycles. The Bertz CT molecular complexity index is 101. The SMILES string of the molecule is CN1C=CC(CBr)C1. The van der Waals surface area contributed by atoms with Gasteiger partial charge in [0.25, 0.3) is 0 Å². The van der Waals surface area contributed by atoms with E-state index in [0.717, 1.165) is 11.2 Å². The summed E-state index contributed by atoms with van der Waals surface area (Å²) in [5.41, 5.74) is 0. The topological polar surface area (TPSA) is 3.24 Å². The minimum absolute atomic E-state index is 0.736. The van der Waals surface area contributed by atoms with Crippen molar-refractivity contribution in [3.63, 3.8) is 0 Å². The average molecular weight is 176 g/mol.